The lowest BCUT2D eigenvalue weighted by molar-refractivity contribution is 1.28. The third-order valence-electron chi connectivity index (χ3n) is 4.07. The van der Waals surface area contributed by atoms with Gasteiger partial charge < -0.3 is 0 Å². The number of aryl methyl sites for hydroxylation is 4. The normalized spacial score (nSPS) is 8.33. The van der Waals surface area contributed by atoms with Gasteiger partial charge in [0.15, 0.2) is 0 Å². The summed E-state index contributed by atoms with van der Waals surface area (Å²) in [4.78, 5) is 0. The summed E-state index contributed by atoms with van der Waals surface area (Å²) >= 11 is 0. The molecule has 0 saturated carbocycles. The van der Waals surface area contributed by atoms with Gasteiger partial charge in [-0.05, 0) is 79.1 Å². The largest absolute Gasteiger partial charge is 0.0984 e. The summed E-state index contributed by atoms with van der Waals surface area (Å²) < 4.78 is 0. The highest BCUT2D eigenvalue weighted by Gasteiger charge is 2.14. The Kier molecular flexibility index (Phi) is 19.5. The Morgan fingerprint density at radius 3 is 1.26 bits per heavy atom. The monoisotopic (exact) mass is 370 g/mol. The summed E-state index contributed by atoms with van der Waals surface area (Å²) in [6.07, 6.45) is 1.98. The Hall–Kier alpha value is -1.82. The van der Waals surface area contributed by atoms with Crippen molar-refractivity contribution in [2.75, 3.05) is 0 Å². The zero-order chi connectivity index (χ0) is 22.2. The summed E-state index contributed by atoms with van der Waals surface area (Å²) in [5.41, 5.74) is 10.6. The Morgan fingerprint density at radius 2 is 0.852 bits per heavy atom. The number of hydrogen-bond donors (Lipinski definition) is 0. The van der Waals surface area contributed by atoms with Gasteiger partial charge in [0, 0.05) is 0 Å². The van der Waals surface area contributed by atoms with Crippen molar-refractivity contribution in [3.05, 3.63) is 64.2 Å². The van der Waals surface area contributed by atoms with E-state index in [2.05, 4.69) is 65.5 Å². The van der Waals surface area contributed by atoms with E-state index in [-0.39, 0.29) is 0 Å². The molecule has 0 spiro atoms. The fourth-order valence-corrected chi connectivity index (χ4v) is 2.76. The van der Waals surface area contributed by atoms with Crippen LogP contribution in [0, 0.1) is 34.6 Å². The molecule has 0 N–H and O–H groups in total. The lowest BCUT2D eigenvalue weighted by Crippen LogP contribution is -1.97. The van der Waals surface area contributed by atoms with Crippen LogP contribution in [0.2, 0.25) is 0 Å². The molecule has 0 saturated heterocycles. The molecule has 0 aliphatic carbocycles. The summed E-state index contributed by atoms with van der Waals surface area (Å²) in [6, 6.07) is 8.80. The van der Waals surface area contributed by atoms with Crippen molar-refractivity contribution in [3.8, 4) is 11.1 Å². The molecule has 0 aromatic heterocycles. The molecule has 0 radical (unpaired) electrons. The molecule has 154 valence electrons. The molecular formula is C27H46. The number of hydrogen-bond acceptors (Lipinski definition) is 0. The van der Waals surface area contributed by atoms with Crippen molar-refractivity contribution in [1.29, 1.82) is 0 Å². The maximum atomic E-state index is 4.00. The van der Waals surface area contributed by atoms with Crippen LogP contribution in [-0.2, 0) is 0 Å². The quantitative estimate of drug-likeness (QED) is 0.493. The van der Waals surface area contributed by atoms with Gasteiger partial charge in [0.05, 0.1) is 0 Å². The van der Waals surface area contributed by atoms with Gasteiger partial charge in [0.25, 0.3) is 0 Å². The first kappa shape index (κ1) is 29.9. The zero-order valence-corrected chi connectivity index (χ0v) is 20.6. The van der Waals surface area contributed by atoms with Crippen LogP contribution in [0.1, 0.15) is 88.8 Å². The molecule has 27 heavy (non-hydrogen) atoms. The Labute approximate surface area is 171 Å². The maximum absolute atomic E-state index is 4.00. The molecule has 0 atom stereocenters. The fraction of sp³-hybridized carbons (Fsp3) is 0.481. The highest BCUT2D eigenvalue weighted by atomic mass is 14.2. The highest BCUT2D eigenvalue weighted by Crippen LogP contribution is 2.36. The summed E-state index contributed by atoms with van der Waals surface area (Å²) in [7, 11) is 0. The topological polar surface area (TPSA) is 0 Å². The van der Waals surface area contributed by atoms with E-state index in [0.717, 1.165) is 0 Å². The van der Waals surface area contributed by atoms with E-state index in [9.17, 15) is 0 Å². The third-order valence-corrected chi connectivity index (χ3v) is 4.07. The maximum Gasteiger partial charge on any atom is -0.00743 e. The van der Waals surface area contributed by atoms with Gasteiger partial charge in [-0.15, -0.1) is 0 Å². The van der Waals surface area contributed by atoms with Gasteiger partial charge in [0.1, 0.15) is 0 Å². The van der Waals surface area contributed by atoms with Crippen molar-refractivity contribution in [2.45, 2.75) is 90.0 Å². The average molecular weight is 371 g/mol. The van der Waals surface area contributed by atoms with Crippen LogP contribution in [0.3, 0.4) is 0 Å². The summed E-state index contributed by atoms with van der Waals surface area (Å²) in [6.45, 7) is 30.9. The van der Waals surface area contributed by atoms with Crippen LogP contribution in [-0.4, -0.2) is 0 Å². The van der Waals surface area contributed by atoms with Crippen molar-refractivity contribution >= 4 is 6.08 Å². The second-order valence-electron chi connectivity index (χ2n) is 5.39. The molecule has 0 nitrogen and oxygen atoms in total. The van der Waals surface area contributed by atoms with Gasteiger partial charge in [-0.1, -0.05) is 92.3 Å². The highest BCUT2D eigenvalue weighted by molar-refractivity contribution is 5.83. The smallest absolute Gasteiger partial charge is 0.00743 e. The van der Waals surface area contributed by atoms with E-state index in [1.54, 1.807) is 0 Å². The molecule has 2 aromatic carbocycles. The van der Waals surface area contributed by atoms with Crippen LogP contribution >= 0.6 is 0 Å². The van der Waals surface area contributed by atoms with Crippen molar-refractivity contribution in [2.24, 2.45) is 0 Å². The van der Waals surface area contributed by atoms with Gasteiger partial charge in [-0.25, -0.2) is 0 Å². The minimum atomic E-state index is 1.26. The molecule has 0 unspecified atom stereocenters. The lowest BCUT2D eigenvalue weighted by atomic mass is 9.86. The minimum absolute atomic E-state index is 1.26. The molecule has 0 amide bonds. The zero-order valence-electron chi connectivity index (χ0n) is 20.6. The van der Waals surface area contributed by atoms with Crippen LogP contribution in [0.4, 0.5) is 0 Å². The second-order valence-corrected chi connectivity index (χ2v) is 5.39. The van der Waals surface area contributed by atoms with Crippen LogP contribution < -0.4 is 0 Å². The number of benzene rings is 2. The van der Waals surface area contributed by atoms with E-state index in [0.29, 0.717) is 0 Å². The Bertz CT molecular complexity index is 646. The molecule has 2 rings (SSSR count). The fourth-order valence-electron chi connectivity index (χ4n) is 2.76. The Balaban J connectivity index is -0.000000638. The molecular weight excluding hydrogens is 324 g/mol. The first-order valence-corrected chi connectivity index (χ1v) is 10.8. The first-order chi connectivity index (χ1) is 13.0. The average Bonchev–Trinajstić information content (AvgIpc) is 2.73. The lowest BCUT2D eigenvalue weighted by Gasteiger charge is -2.19. The van der Waals surface area contributed by atoms with Gasteiger partial charge >= 0.3 is 0 Å². The molecule has 0 aliphatic heterocycles. The van der Waals surface area contributed by atoms with E-state index in [1.807, 2.05) is 61.5 Å². The first-order valence-electron chi connectivity index (χ1n) is 10.8. The Morgan fingerprint density at radius 1 is 0.519 bits per heavy atom. The predicted octanol–water partition coefficient (Wildman–Crippen LogP) is 9.64. The van der Waals surface area contributed by atoms with Crippen molar-refractivity contribution < 1.29 is 0 Å². The predicted molar refractivity (Wildman–Crippen MR) is 131 cm³/mol. The van der Waals surface area contributed by atoms with Crippen molar-refractivity contribution in [1.82, 2.24) is 0 Å². The van der Waals surface area contributed by atoms with Crippen LogP contribution in [0.25, 0.3) is 17.2 Å². The second kappa shape index (κ2) is 17.6. The van der Waals surface area contributed by atoms with E-state index >= 15 is 0 Å². The van der Waals surface area contributed by atoms with E-state index in [1.165, 1.54) is 44.5 Å². The van der Waals surface area contributed by atoms with Gasteiger partial charge in [0.2, 0.25) is 0 Å². The molecule has 2 aromatic rings. The van der Waals surface area contributed by atoms with Gasteiger partial charge in [-0.2, -0.15) is 0 Å². The number of rotatable bonds is 2. The van der Waals surface area contributed by atoms with E-state index < -0.39 is 0 Å². The van der Waals surface area contributed by atoms with Crippen LogP contribution in [0.15, 0.2) is 30.8 Å². The van der Waals surface area contributed by atoms with Crippen LogP contribution in [0.5, 0.6) is 0 Å². The molecule has 0 bridgehead atoms. The summed E-state index contributed by atoms with van der Waals surface area (Å²) in [5.74, 6) is 0. The minimum Gasteiger partial charge on any atom is -0.0984 e. The molecule has 0 heterocycles. The SMILES string of the molecule is C=Cc1c(C)ccc(C)c1-c1c(C)ccc(C)c1C.CC.CC.CC.CC. The van der Waals surface area contributed by atoms with Crippen molar-refractivity contribution in [3.63, 3.8) is 0 Å². The standard InChI is InChI=1S/C19H22.4C2H6/c1-7-17-13(3)9-11-15(5)19(17)18-14(4)10-8-12(2)16(18)6;4*1-2/h7-11H,1H2,2-6H3;4*1-2H3. The molecule has 0 heteroatoms. The van der Waals surface area contributed by atoms with E-state index in [4.69, 9.17) is 0 Å². The third kappa shape index (κ3) is 8.16. The van der Waals surface area contributed by atoms with Gasteiger partial charge in [-0.3, -0.25) is 0 Å². The molecule has 0 aliphatic rings. The summed E-state index contributed by atoms with van der Waals surface area (Å²) in [5, 5.41) is 0. The molecule has 0 fully saturated rings.